The number of hydrogen-bond acceptors (Lipinski definition) is 0. The van der Waals surface area contributed by atoms with E-state index in [2.05, 4.69) is 20.8 Å². The van der Waals surface area contributed by atoms with E-state index in [1.165, 1.54) is 12.8 Å². The average Bonchev–Trinajstić information content (AvgIpc) is 2.36. The fraction of sp³-hybridized carbons (Fsp3) is 1.00. The van der Waals surface area contributed by atoms with Gasteiger partial charge in [0.2, 0.25) is 0 Å². The maximum atomic E-state index is 2.42. The second-order valence-electron chi connectivity index (χ2n) is 4.13. The lowest BCUT2D eigenvalue weighted by molar-refractivity contribution is 0.137. The molecule has 9 heavy (non-hydrogen) atoms. The van der Waals surface area contributed by atoms with Crippen molar-refractivity contribution in [3.8, 4) is 0 Å². The van der Waals surface area contributed by atoms with E-state index >= 15 is 0 Å². The molecule has 0 bridgehead atoms. The van der Waals surface area contributed by atoms with Gasteiger partial charge in [0, 0.05) is 0 Å². The van der Waals surface area contributed by atoms with Gasteiger partial charge in [0.15, 0.2) is 0 Å². The summed E-state index contributed by atoms with van der Waals surface area (Å²) in [4.78, 5) is 0. The Bertz CT molecular complexity index is 121. The monoisotopic (exact) mass is 124 g/mol. The lowest BCUT2D eigenvalue weighted by atomic mass is 9.69. The van der Waals surface area contributed by atoms with Gasteiger partial charge in [-0.25, -0.2) is 0 Å². The van der Waals surface area contributed by atoms with Crippen LogP contribution in [0.5, 0.6) is 0 Å². The summed E-state index contributed by atoms with van der Waals surface area (Å²) in [5.41, 5.74) is 0.847. The van der Waals surface area contributed by atoms with Crippen LogP contribution >= 0.6 is 0 Å². The summed E-state index contributed by atoms with van der Waals surface area (Å²) in [5, 5.41) is 0. The topological polar surface area (TPSA) is 0 Å². The lowest BCUT2D eigenvalue weighted by Crippen LogP contribution is -2.27. The highest BCUT2D eigenvalue weighted by Crippen LogP contribution is 2.72. The van der Waals surface area contributed by atoms with Crippen LogP contribution in [0, 0.1) is 23.2 Å². The van der Waals surface area contributed by atoms with Crippen LogP contribution in [0.25, 0.3) is 0 Å². The summed E-state index contributed by atoms with van der Waals surface area (Å²) >= 11 is 0. The summed E-state index contributed by atoms with van der Waals surface area (Å²) in [6.07, 6.45) is 3.02. The van der Waals surface area contributed by atoms with E-state index in [0.717, 1.165) is 23.2 Å². The van der Waals surface area contributed by atoms with Gasteiger partial charge in [0.1, 0.15) is 0 Å². The minimum absolute atomic E-state index is 0.847. The van der Waals surface area contributed by atoms with Crippen LogP contribution in [0.15, 0.2) is 0 Å². The Morgan fingerprint density at radius 2 is 1.67 bits per heavy atom. The lowest BCUT2D eigenvalue weighted by Gasteiger charge is -2.36. The molecule has 2 aliphatic carbocycles. The number of hydrogen-bond donors (Lipinski definition) is 0. The fourth-order valence-electron chi connectivity index (χ4n) is 3.01. The van der Waals surface area contributed by atoms with Gasteiger partial charge in [0.05, 0.1) is 0 Å². The molecular formula is C9H16. The molecule has 3 atom stereocenters. The van der Waals surface area contributed by atoms with Crippen LogP contribution in [-0.2, 0) is 0 Å². The highest BCUT2D eigenvalue weighted by molar-refractivity contribution is 5.13. The van der Waals surface area contributed by atoms with Gasteiger partial charge in [-0.3, -0.25) is 0 Å². The van der Waals surface area contributed by atoms with Crippen LogP contribution in [0.4, 0.5) is 0 Å². The molecule has 0 aromatic rings. The molecule has 0 N–H and O–H groups in total. The molecule has 2 rings (SSSR count). The Balaban J connectivity index is 2.12. The van der Waals surface area contributed by atoms with Crippen molar-refractivity contribution in [2.45, 2.75) is 33.6 Å². The van der Waals surface area contributed by atoms with Crippen LogP contribution in [0.2, 0.25) is 0 Å². The van der Waals surface area contributed by atoms with Crippen molar-refractivity contribution in [1.82, 2.24) is 0 Å². The van der Waals surface area contributed by atoms with E-state index in [-0.39, 0.29) is 0 Å². The van der Waals surface area contributed by atoms with Crippen molar-refractivity contribution >= 4 is 0 Å². The van der Waals surface area contributed by atoms with Gasteiger partial charge >= 0.3 is 0 Å². The second-order valence-corrected chi connectivity index (χ2v) is 4.13. The quantitative estimate of drug-likeness (QED) is 0.465. The van der Waals surface area contributed by atoms with Gasteiger partial charge in [-0.2, -0.15) is 0 Å². The maximum absolute atomic E-state index is 2.42. The summed E-state index contributed by atoms with van der Waals surface area (Å²) in [6.45, 7) is 7.25. The molecule has 0 heterocycles. The predicted octanol–water partition coefficient (Wildman–Crippen LogP) is 2.69. The normalized spacial score (nSPS) is 63.7. The van der Waals surface area contributed by atoms with Gasteiger partial charge in [-0.1, -0.05) is 20.8 Å². The van der Waals surface area contributed by atoms with Crippen molar-refractivity contribution in [2.75, 3.05) is 0 Å². The Kier molecular flexibility index (Phi) is 0.868. The summed E-state index contributed by atoms with van der Waals surface area (Å²) in [7, 11) is 0. The largest absolute Gasteiger partial charge is 0.0620 e. The maximum Gasteiger partial charge on any atom is -0.0215 e. The molecule has 0 heteroatoms. The predicted molar refractivity (Wildman–Crippen MR) is 39.2 cm³/mol. The third-order valence-electron chi connectivity index (χ3n) is 4.26. The Hall–Kier alpha value is 0. The first-order chi connectivity index (χ1) is 4.19. The molecular weight excluding hydrogens is 108 g/mol. The highest BCUT2D eigenvalue weighted by Gasteiger charge is 2.65. The molecule has 0 nitrogen and oxygen atoms in total. The summed E-state index contributed by atoms with van der Waals surface area (Å²) < 4.78 is 0. The standard InChI is InChI=1S/C9H16/c1-6-4-5-9(6)7(2)8(9)3/h6-8H,4-5H2,1-3H3. The van der Waals surface area contributed by atoms with E-state index in [4.69, 9.17) is 0 Å². The molecule has 0 amide bonds. The third-order valence-corrected chi connectivity index (χ3v) is 4.26. The van der Waals surface area contributed by atoms with Gasteiger partial charge < -0.3 is 0 Å². The van der Waals surface area contributed by atoms with Gasteiger partial charge in [-0.05, 0) is 36.0 Å². The van der Waals surface area contributed by atoms with Crippen molar-refractivity contribution < 1.29 is 0 Å². The third kappa shape index (κ3) is 0.426. The minimum atomic E-state index is 0.847. The van der Waals surface area contributed by atoms with Crippen molar-refractivity contribution in [1.29, 1.82) is 0 Å². The SMILES string of the molecule is CC1CCC12C(C)C2C. The zero-order valence-electron chi connectivity index (χ0n) is 6.65. The molecule has 3 unspecified atom stereocenters. The molecule has 2 saturated carbocycles. The van der Waals surface area contributed by atoms with Crippen LogP contribution in [-0.4, -0.2) is 0 Å². The number of rotatable bonds is 0. The minimum Gasteiger partial charge on any atom is -0.0620 e. The van der Waals surface area contributed by atoms with Crippen molar-refractivity contribution in [2.24, 2.45) is 23.2 Å². The molecule has 0 radical (unpaired) electrons. The van der Waals surface area contributed by atoms with Crippen LogP contribution in [0.3, 0.4) is 0 Å². The molecule has 52 valence electrons. The first-order valence-electron chi connectivity index (χ1n) is 4.19. The second kappa shape index (κ2) is 1.36. The van der Waals surface area contributed by atoms with Crippen LogP contribution in [0.1, 0.15) is 33.6 Å². The molecule has 0 aromatic heterocycles. The van der Waals surface area contributed by atoms with E-state index in [9.17, 15) is 0 Å². The van der Waals surface area contributed by atoms with E-state index in [1.54, 1.807) is 0 Å². The van der Waals surface area contributed by atoms with Crippen LogP contribution < -0.4 is 0 Å². The molecule has 1 spiro atoms. The summed E-state index contributed by atoms with van der Waals surface area (Å²) in [5.74, 6) is 3.13. The average molecular weight is 124 g/mol. The van der Waals surface area contributed by atoms with E-state index < -0.39 is 0 Å². The molecule has 2 aliphatic rings. The highest BCUT2D eigenvalue weighted by atomic mass is 14.7. The molecule has 2 fully saturated rings. The van der Waals surface area contributed by atoms with Gasteiger partial charge in [-0.15, -0.1) is 0 Å². The van der Waals surface area contributed by atoms with E-state index in [0.29, 0.717) is 0 Å². The smallest absolute Gasteiger partial charge is 0.0215 e. The van der Waals surface area contributed by atoms with Crippen molar-refractivity contribution in [3.63, 3.8) is 0 Å². The molecule has 0 saturated heterocycles. The Morgan fingerprint density at radius 3 is 1.67 bits per heavy atom. The molecule has 0 aliphatic heterocycles. The summed E-state index contributed by atoms with van der Waals surface area (Å²) in [6, 6.07) is 0. The van der Waals surface area contributed by atoms with Gasteiger partial charge in [0.25, 0.3) is 0 Å². The molecule has 0 aromatic carbocycles. The first-order valence-corrected chi connectivity index (χ1v) is 4.19. The first kappa shape index (κ1) is 5.76. The Labute approximate surface area is 57.6 Å². The zero-order valence-corrected chi connectivity index (χ0v) is 6.65. The van der Waals surface area contributed by atoms with Crippen molar-refractivity contribution in [3.05, 3.63) is 0 Å². The fourth-order valence-corrected chi connectivity index (χ4v) is 3.01. The van der Waals surface area contributed by atoms with E-state index in [1.807, 2.05) is 0 Å². The zero-order chi connectivity index (χ0) is 6.65. The Morgan fingerprint density at radius 1 is 1.11 bits per heavy atom.